The Labute approximate surface area is 106 Å². The quantitative estimate of drug-likeness (QED) is 0.763. The molecule has 94 valence electrons. The Hall–Kier alpha value is -1.84. The molecule has 0 aliphatic carbocycles. The second-order valence-corrected chi connectivity index (χ2v) is 5.12. The van der Waals surface area contributed by atoms with E-state index in [0.29, 0.717) is 13.1 Å². The normalized spacial score (nSPS) is 26.1. The number of hydrogen-bond acceptors (Lipinski definition) is 2. The van der Waals surface area contributed by atoms with Crippen LogP contribution in [0.5, 0.6) is 0 Å². The summed E-state index contributed by atoms with van der Waals surface area (Å²) in [5, 5.41) is 9.19. The predicted molar refractivity (Wildman–Crippen MR) is 69.7 cm³/mol. The maximum Gasteiger partial charge on any atom is 0.407 e. The highest BCUT2D eigenvalue weighted by molar-refractivity contribution is 5.73. The Morgan fingerprint density at radius 1 is 1.39 bits per heavy atom. The molecule has 3 rings (SSSR count). The fourth-order valence-corrected chi connectivity index (χ4v) is 3.14. The van der Waals surface area contributed by atoms with Crippen molar-refractivity contribution in [2.24, 2.45) is 4.99 Å². The Bertz CT molecular complexity index is 512. The van der Waals surface area contributed by atoms with E-state index in [0.717, 1.165) is 24.9 Å². The SMILES string of the molecule is O=C(O)N1CCCC2(CC=Nc3ccccc32)C1. The maximum atomic E-state index is 11.2. The zero-order valence-corrected chi connectivity index (χ0v) is 10.2. The molecule has 0 aromatic heterocycles. The fourth-order valence-electron chi connectivity index (χ4n) is 3.14. The Morgan fingerprint density at radius 3 is 3.06 bits per heavy atom. The molecule has 4 heteroatoms. The molecule has 1 atom stereocenters. The van der Waals surface area contributed by atoms with E-state index < -0.39 is 6.09 Å². The zero-order chi connectivity index (χ0) is 12.6. The number of amides is 1. The number of likely N-dealkylation sites (tertiary alicyclic amines) is 1. The lowest BCUT2D eigenvalue weighted by Crippen LogP contribution is -2.48. The molecule has 1 amide bonds. The van der Waals surface area contributed by atoms with Crippen molar-refractivity contribution in [2.75, 3.05) is 13.1 Å². The summed E-state index contributed by atoms with van der Waals surface area (Å²) < 4.78 is 0. The largest absolute Gasteiger partial charge is 0.465 e. The molecule has 4 nitrogen and oxygen atoms in total. The molecule has 2 aliphatic rings. The van der Waals surface area contributed by atoms with Crippen molar-refractivity contribution in [3.05, 3.63) is 29.8 Å². The Kier molecular flexibility index (Phi) is 2.58. The molecule has 1 spiro atoms. The predicted octanol–water partition coefficient (Wildman–Crippen LogP) is 2.80. The number of carboxylic acid groups (broad SMARTS) is 1. The van der Waals surface area contributed by atoms with E-state index in [1.807, 2.05) is 24.4 Å². The van der Waals surface area contributed by atoms with Crippen LogP contribution in [0, 0.1) is 0 Å². The summed E-state index contributed by atoms with van der Waals surface area (Å²) in [6.07, 6.45) is 3.93. The lowest BCUT2D eigenvalue weighted by atomic mass is 9.70. The molecule has 0 saturated carbocycles. The molecule has 18 heavy (non-hydrogen) atoms. The van der Waals surface area contributed by atoms with Gasteiger partial charge in [0.15, 0.2) is 0 Å². The summed E-state index contributed by atoms with van der Waals surface area (Å²) in [5.41, 5.74) is 2.14. The van der Waals surface area contributed by atoms with Gasteiger partial charge in [0.2, 0.25) is 0 Å². The molecule has 0 radical (unpaired) electrons. The number of aliphatic imine (C=N–C) groups is 1. The molecule has 2 heterocycles. The van der Waals surface area contributed by atoms with E-state index in [4.69, 9.17) is 0 Å². The van der Waals surface area contributed by atoms with Crippen LogP contribution in [-0.4, -0.2) is 35.4 Å². The van der Waals surface area contributed by atoms with Crippen molar-refractivity contribution >= 4 is 18.0 Å². The molecule has 1 N–H and O–H groups in total. The van der Waals surface area contributed by atoms with Crippen LogP contribution in [0.15, 0.2) is 29.3 Å². The number of carbonyl (C=O) groups is 1. The van der Waals surface area contributed by atoms with E-state index in [1.54, 1.807) is 4.90 Å². The third-order valence-electron chi connectivity index (χ3n) is 4.04. The first-order chi connectivity index (χ1) is 8.71. The lowest BCUT2D eigenvalue weighted by molar-refractivity contribution is 0.110. The van der Waals surface area contributed by atoms with Gasteiger partial charge in [-0.25, -0.2) is 4.79 Å². The highest BCUT2D eigenvalue weighted by Gasteiger charge is 2.40. The van der Waals surface area contributed by atoms with Crippen LogP contribution in [0.4, 0.5) is 10.5 Å². The minimum Gasteiger partial charge on any atom is -0.465 e. The fraction of sp³-hybridized carbons (Fsp3) is 0.429. The van der Waals surface area contributed by atoms with Crippen molar-refractivity contribution in [3.63, 3.8) is 0 Å². The van der Waals surface area contributed by atoms with Crippen LogP contribution < -0.4 is 0 Å². The van der Waals surface area contributed by atoms with Crippen molar-refractivity contribution < 1.29 is 9.90 Å². The minimum absolute atomic E-state index is 0.0605. The monoisotopic (exact) mass is 244 g/mol. The first kappa shape index (κ1) is 11.3. The van der Waals surface area contributed by atoms with Gasteiger partial charge in [-0.15, -0.1) is 0 Å². The van der Waals surface area contributed by atoms with Crippen LogP contribution in [0.2, 0.25) is 0 Å². The van der Waals surface area contributed by atoms with Crippen LogP contribution in [0.25, 0.3) is 0 Å². The van der Waals surface area contributed by atoms with Crippen LogP contribution in [-0.2, 0) is 5.41 Å². The number of nitrogens with zero attached hydrogens (tertiary/aromatic N) is 2. The summed E-state index contributed by atoms with van der Waals surface area (Å²) in [4.78, 5) is 17.1. The maximum absolute atomic E-state index is 11.2. The molecule has 1 aromatic carbocycles. The molecule has 0 bridgehead atoms. The number of fused-ring (bicyclic) bond motifs is 2. The lowest BCUT2D eigenvalue weighted by Gasteiger charge is -2.43. The molecule has 1 saturated heterocycles. The van der Waals surface area contributed by atoms with Gasteiger partial charge < -0.3 is 10.0 Å². The third kappa shape index (κ3) is 1.68. The summed E-state index contributed by atoms with van der Waals surface area (Å²) in [6.45, 7) is 1.24. The Morgan fingerprint density at radius 2 is 2.22 bits per heavy atom. The highest BCUT2D eigenvalue weighted by atomic mass is 16.4. The van der Waals surface area contributed by atoms with Gasteiger partial charge in [-0.1, -0.05) is 18.2 Å². The third-order valence-corrected chi connectivity index (χ3v) is 4.04. The average molecular weight is 244 g/mol. The zero-order valence-electron chi connectivity index (χ0n) is 10.2. The van der Waals surface area contributed by atoms with E-state index in [9.17, 15) is 9.90 Å². The van der Waals surface area contributed by atoms with Gasteiger partial charge in [-0.2, -0.15) is 0 Å². The van der Waals surface area contributed by atoms with Gasteiger partial charge >= 0.3 is 6.09 Å². The molecular formula is C14H16N2O2. The summed E-state index contributed by atoms with van der Waals surface area (Å²) >= 11 is 0. The van der Waals surface area contributed by atoms with Gasteiger partial charge in [0.05, 0.1) is 5.69 Å². The van der Waals surface area contributed by atoms with Crippen molar-refractivity contribution in [1.29, 1.82) is 0 Å². The van der Waals surface area contributed by atoms with Crippen molar-refractivity contribution in [2.45, 2.75) is 24.7 Å². The van der Waals surface area contributed by atoms with Gasteiger partial charge in [-0.3, -0.25) is 4.99 Å². The van der Waals surface area contributed by atoms with Crippen molar-refractivity contribution in [3.8, 4) is 0 Å². The number of para-hydroxylation sites is 1. The number of piperidine rings is 1. The first-order valence-corrected chi connectivity index (χ1v) is 6.31. The van der Waals surface area contributed by atoms with Crippen LogP contribution in [0.3, 0.4) is 0 Å². The minimum atomic E-state index is -0.811. The summed E-state index contributed by atoms with van der Waals surface area (Å²) in [5.74, 6) is 0. The van der Waals surface area contributed by atoms with E-state index >= 15 is 0 Å². The smallest absolute Gasteiger partial charge is 0.407 e. The van der Waals surface area contributed by atoms with E-state index in [1.165, 1.54) is 5.56 Å². The summed E-state index contributed by atoms with van der Waals surface area (Å²) in [6, 6.07) is 8.10. The number of hydrogen-bond donors (Lipinski definition) is 1. The average Bonchev–Trinajstić information content (AvgIpc) is 2.39. The van der Waals surface area contributed by atoms with E-state index in [2.05, 4.69) is 11.1 Å². The second kappa shape index (κ2) is 4.12. The van der Waals surface area contributed by atoms with Crippen molar-refractivity contribution in [1.82, 2.24) is 4.90 Å². The molecule has 1 aromatic rings. The molecule has 2 aliphatic heterocycles. The van der Waals surface area contributed by atoms with Gasteiger partial charge in [0, 0.05) is 24.7 Å². The Balaban J connectivity index is 2.00. The molecular weight excluding hydrogens is 228 g/mol. The molecule has 1 fully saturated rings. The van der Waals surface area contributed by atoms with Crippen LogP contribution >= 0.6 is 0 Å². The first-order valence-electron chi connectivity index (χ1n) is 6.31. The standard InChI is InChI=1S/C14H16N2O2/c17-13(18)16-9-3-6-14(10-16)7-8-15-12-5-2-1-4-11(12)14/h1-2,4-5,8H,3,6-7,9-10H2,(H,17,18). The highest BCUT2D eigenvalue weighted by Crippen LogP contribution is 2.43. The topological polar surface area (TPSA) is 52.9 Å². The van der Waals surface area contributed by atoms with Gasteiger partial charge in [-0.05, 0) is 30.9 Å². The van der Waals surface area contributed by atoms with Crippen LogP contribution in [0.1, 0.15) is 24.8 Å². The van der Waals surface area contributed by atoms with Gasteiger partial charge in [0.25, 0.3) is 0 Å². The number of benzene rings is 1. The van der Waals surface area contributed by atoms with E-state index in [-0.39, 0.29) is 5.41 Å². The van der Waals surface area contributed by atoms with Gasteiger partial charge in [0.1, 0.15) is 0 Å². The summed E-state index contributed by atoms with van der Waals surface area (Å²) in [7, 11) is 0. The molecule has 1 unspecified atom stereocenters. The second-order valence-electron chi connectivity index (χ2n) is 5.12. The number of rotatable bonds is 0.